The summed E-state index contributed by atoms with van der Waals surface area (Å²) in [5.74, 6) is 0.111. The first kappa shape index (κ1) is 13.7. The zero-order chi connectivity index (χ0) is 13.8. The van der Waals surface area contributed by atoms with Gasteiger partial charge in [-0.1, -0.05) is 5.16 Å². The zero-order valence-corrected chi connectivity index (χ0v) is 11.4. The van der Waals surface area contributed by atoms with Crippen LogP contribution in [0.15, 0.2) is 16.0 Å². The molecule has 0 aromatic carbocycles. The third-order valence-electron chi connectivity index (χ3n) is 2.29. The number of carbonyl (C=O) groups excluding carboxylic acids is 1. The average Bonchev–Trinajstić information content (AvgIpc) is 2.98. The number of nitrogens with one attached hydrogen (secondary N) is 1. The highest BCUT2D eigenvalue weighted by Gasteiger charge is 2.15. The molecule has 7 nitrogen and oxygen atoms in total. The third-order valence-corrected chi connectivity index (χ3v) is 3.06. The molecule has 2 heterocycles. The molecule has 1 amide bonds. The van der Waals surface area contributed by atoms with Crippen LogP contribution in [0.3, 0.4) is 0 Å². The van der Waals surface area contributed by atoms with E-state index in [2.05, 4.69) is 15.5 Å². The van der Waals surface area contributed by atoms with Crippen LogP contribution in [0.5, 0.6) is 0 Å². The molecule has 0 aliphatic heterocycles. The second kappa shape index (κ2) is 5.91. The van der Waals surface area contributed by atoms with E-state index in [4.69, 9.17) is 15.0 Å². The van der Waals surface area contributed by atoms with Crippen LogP contribution < -0.4 is 11.1 Å². The Kier molecular flexibility index (Phi) is 4.25. The van der Waals surface area contributed by atoms with Gasteiger partial charge in [-0.25, -0.2) is 4.98 Å². The number of thiazole rings is 1. The lowest BCUT2D eigenvalue weighted by Crippen LogP contribution is -2.12. The molecule has 0 bridgehead atoms. The van der Waals surface area contributed by atoms with Gasteiger partial charge < -0.3 is 15.0 Å². The van der Waals surface area contributed by atoms with Crippen molar-refractivity contribution in [2.45, 2.75) is 19.6 Å². The summed E-state index contributed by atoms with van der Waals surface area (Å²) in [6, 6.07) is 1.36. The van der Waals surface area contributed by atoms with Crippen molar-refractivity contribution in [3.63, 3.8) is 0 Å². The summed E-state index contributed by atoms with van der Waals surface area (Å²) in [6.45, 7) is 2.10. The van der Waals surface area contributed by atoms with Gasteiger partial charge in [0.2, 0.25) is 0 Å². The standard InChI is InChI=1S/C11H14N4O3S/c1-6(12)9-5-19-11(13-9)14-10(16)8-3-7(4-17-2)18-15-8/h3,5-6H,4,12H2,1-2H3,(H,13,14,16). The van der Waals surface area contributed by atoms with E-state index in [9.17, 15) is 4.79 Å². The number of ether oxygens (including phenoxy) is 1. The molecule has 102 valence electrons. The molecule has 1 atom stereocenters. The number of anilines is 1. The normalized spacial score (nSPS) is 12.4. The molecule has 0 fully saturated rings. The van der Waals surface area contributed by atoms with E-state index in [1.165, 1.54) is 24.5 Å². The van der Waals surface area contributed by atoms with Crippen molar-refractivity contribution in [3.05, 3.63) is 28.6 Å². The van der Waals surface area contributed by atoms with Crippen LogP contribution in [0, 0.1) is 0 Å². The number of nitrogens with zero attached hydrogens (tertiary/aromatic N) is 2. The molecular weight excluding hydrogens is 268 g/mol. The van der Waals surface area contributed by atoms with E-state index in [-0.39, 0.29) is 24.2 Å². The Labute approximate surface area is 113 Å². The maximum atomic E-state index is 11.9. The Hall–Kier alpha value is -1.77. The average molecular weight is 282 g/mol. The molecule has 19 heavy (non-hydrogen) atoms. The number of rotatable bonds is 5. The SMILES string of the molecule is COCc1cc(C(=O)Nc2nc(C(C)N)cs2)no1. The van der Waals surface area contributed by atoms with Gasteiger partial charge in [0.15, 0.2) is 16.6 Å². The van der Waals surface area contributed by atoms with Crippen molar-refractivity contribution in [1.29, 1.82) is 0 Å². The van der Waals surface area contributed by atoms with Gasteiger partial charge in [0.05, 0.1) is 5.69 Å². The molecule has 0 radical (unpaired) electrons. The van der Waals surface area contributed by atoms with Gasteiger partial charge in [0, 0.05) is 24.6 Å². The highest BCUT2D eigenvalue weighted by atomic mass is 32.1. The van der Waals surface area contributed by atoms with Gasteiger partial charge in [-0.15, -0.1) is 11.3 Å². The highest BCUT2D eigenvalue weighted by molar-refractivity contribution is 7.14. The van der Waals surface area contributed by atoms with E-state index in [0.29, 0.717) is 10.9 Å². The maximum Gasteiger partial charge on any atom is 0.279 e. The fourth-order valence-corrected chi connectivity index (χ4v) is 2.15. The lowest BCUT2D eigenvalue weighted by molar-refractivity contribution is 0.101. The summed E-state index contributed by atoms with van der Waals surface area (Å²) in [5.41, 5.74) is 6.62. The van der Waals surface area contributed by atoms with Gasteiger partial charge >= 0.3 is 0 Å². The van der Waals surface area contributed by atoms with E-state index >= 15 is 0 Å². The fraction of sp³-hybridized carbons (Fsp3) is 0.364. The smallest absolute Gasteiger partial charge is 0.279 e. The van der Waals surface area contributed by atoms with E-state index < -0.39 is 0 Å². The van der Waals surface area contributed by atoms with Crippen molar-refractivity contribution in [1.82, 2.24) is 10.1 Å². The lowest BCUT2D eigenvalue weighted by atomic mass is 10.3. The van der Waals surface area contributed by atoms with Crippen LogP contribution in [-0.2, 0) is 11.3 Å². The quantitative estimate of drug-likeness (QED) is 0.862. The molecule has 2 rings (SSSR count). The van der Waals surface area contributed by atoms with Crippen LogP contribution in [0.25, 0.3) is 0 Å². The van der Waals surface area contributed by atoms with Crippen molar-refractivity contribution in [2.24, 2.45) is 5.73 Å². The topological polar surface area (TPSA) is 103 Å². The van der Waals surface area contributed by atoms with Crippen molar-refractivity contribution in [2.75, 3.05) is 12.4 Å². The molecule has 2 aromatic rings. The van der Waals surface area contributed by atoms with Crippen LogP contribution >= 0.6 is 11.3 Å². The predicted molar refractivity (Wildman–Crippen MR) is 69.9 cm³/mol. The molecule has 3 N–H and O–H groups in total. The van der Waals surface area contributed by atoms with Crippen LogP contribution in [-0.4, -0.2) is 23.2 Å². The number of methoxy groups -OCH3 is 1. The predicted octanol–water partition coefficient (Wildman–Crippen LogP) is 1.55. The maximum absolute atomic E-state index is 11.9. The molecule has 2 aromatic heterocycles. The summed E-state index contributed by atoms with van der Waals surface area (Å²) in [5, 5.41) is 8.58. The molecule has 0 saturated heterocycles. The molecule has 0 aliphatic carbocycles. The third kappa shape index (κ3) is 3.37. The lowest BCUT2D eigenvalue weighted by Gasteiger charge is -1.98. The first-order chi connectivity index (χ1) is 9.10. The summed E-state index contributed by atoms with van der Waals surface area (Å²) in [4.78, 5) is 16.1. The van der Waals surface area contributed by atoms with Crippen LogP contribution in [0.2, 0.25) is 0 Å². The minimum Gasteiger partial charge on any atom is -0.377 e. The molecular formula is C11H14N4O3S. The van der Waals surface area contributed by atoms with E-state index in [0.717, 1.165) is 5.69 Å². The molecule has 0 aliphatic rings. The first-order valence-corrected chi connectivity index (χ1v) is 6.45. The second-order valence-electron chi connectivity index (χ2n) is 3.93. The van der Waals surface area contributed by atoms with Gasteiger partial charge in [0.1, 0.15) is 6.61 Å². The zero-order valence-electron chi connectivity index (χ0n) is 10.5. The molecule has 8 heteroatoms. The minimum atomic E-state index is -0.378. The minimum absolute atomic E-state index is 0.165. The molecule has 0 saturated carbocycles. The summed E-state index contributed by atoms with van der Waals surface area (Å²) >= 11 is 1.31. The Balaban J connectivity index is 2.02. The largest absolute Gasteiger partial charge is 0.377 e. The molecule has 1 unspecified atom stereocenters. The number of hydrogen-bond acceptors (Lipinski definition) is 7. The fourth-order valence-electron chi connectivity index (χ4n) is 1.34. The second-order valence-corrected chi connectivity index (χ2v) is 4.79. The van der Waals surface area contributed by atoms with Gasteiger partial charge in [-0.3, -0.25) is 10.1 Å². The Bertz CT molecular complexity index is 564. The first-order valence-electron chi connectivity index (χ1n) is 5.57. The number of carbonyl (C=O) groups is 1. The number of amides is 1. The summed E-state index contributed by atoms with van der Waals surface area (Å²) < 4.78 is 9.81. The van der Waals surface area contributed by atoms with Gasteiger partial charge in [-0.05, 0) is 6.92 Å². The Morgan fingerprint density at radius 2 is 2.47 bits per heavy atom. The highest BCUT2D eigenvalue weighted by Crippen LogP contribution is 2.19. The van der Waals surface area contributed by atoms with Gasteiger partial charge in [-0.2, -0.15) is 0 Å². The monoisotopic (exact) mass is 282 g/mol. The Morgan fingerprint density at radius 3 is 3.11 bits per heavy atom. The number of aromatic nitrogens is 2. The number of hydrogen-bond donors (Lipinski definition) is 2. The van der Waals surface area contributed by atoms with Crippen LogP contribution in [0.4, 0.5) is 5.13 Å². The summed E-state index contributed by atoms with van der Waals surface area (Å²) in [6.07, 6.45) is 0. The van der Waals surface area contributed by atoms with Crippen LogP contribution in [0.1, 0.15) is 34.9 Å². The van der Waals surface area contributed by atoms with Gasteiger partial charge in [0.25, 0.3) is 5.91 Å². The van der Waals surface area contributed by atoms with E-state index in [1.807, 2.05) is 6.92 Å². The van der Waals surface area contributed by atoms with Crippen molar-refractivity contribution in [3.8, 4) is 0 Å². The molecule has 0 spiro atoms. The van der Waals surface area contributed by atoms with E-state index in [1.54, 1.807) is 5.38 Å². The van der Waals surface area contributed by atoms with Crippen molar-refractivity contribution >= 4 is 22.4 Å². The Morgan fingerprint density at radius 1 is 1.68 bits per heavy atom. The summed E-state index contributed by atoms with van der Waals surface area (Å²) in [7, 11) is 1.54. The number of nitrogens with two attached hydrogens (primary N) is 1. The van der Waals surface area contributed by atoms with Crippen molar-refractivity contribution < 1.29 is 14.1 Å².